The Balaban J connectivity index is 2.71. The lowest BCUT2D eigenvalue weighted by Crippen LogP contribution is -2.42. The van der Waals surface area contributed by atoms with Gasteiger partial charge in [0, 0.05) is 18.1 Å². The topological polar surface area (TPSA) is 148 Å². The standard InChI is InChI=1S/C20H26NO9P/c1-4-29-17(22)12-14(2)19(24)31(26,27)11-10-16(18(23)28-3)21-20(25)30-13-15-8-6-5-7-9-15/h5-9,12,16,26-27H,4,10-11,13H2,1-3H3/p+1/t16-/m0/s1. The van der Waals surface area contributed by atoms with Crippen molar-refractivity contribution in [1.82, 2.24) is 5.32 Å². The van der Waals surface area contributed by atoms with Crippen LogP contribution in [0.4, 0.5) is 4.79 Å². The van der Waals surface area contributed by atoms with Gasteiger partial charge >= 0.3 is 31.3 Å². The molecular weight excluding hydrogens is 429 g/mol. The van der Waals surface area contributed by atoms with E-state index in [1.807, 2.05) is 0 Å². The molecule has 1 rings (SSSR count). The number of allylic oxidation sites excluding steroid dienone is 1. The summed E-state index contributed by atoms with van der Waals surface area (Å²) in [6, 6.07) is 7.58. The lowest BCUT2D eigenvalue weighted by Gasteiger charge is -2.17. The number of hydrogen-bond acceptors (Lipinski definition) is 9. The van der Waals surface area contributed by atoms with E-state index in [2.05, 4.69) is 14.8 Å². The van der Waals surface area contributed by atoms with Gasteiger partial charge in [0.2, 0.25) is 0 Å². The summed E-state index contributed by atoms with van der Waals surface area (Å²) < 4.78 is 14.3. The van der Waals surface area contributed by atoms with E-state index >= 15 is 0 Å². The second-order valence-corrected chi connectivity index (χ2v) is 8.72. The predicted octanol–water partition coefficient (Wildman–Crippen LogP) is 1.71. The minimum atomic E-state index is -4.19. The molecule has 0 radical (unpaired) electrons. The molecule has 10 nitrogen and oxygen atoms in total. The molecule has 0 aliphatic carbocycles. The second-order valence-electron chi connectivity index (χ2n) is 6.41. The van der Waals surface area contributed by atoms with Crippen LogP contribution in [0.15, 0.2) is 42.0 Å². The first-order valence-corrected chi connectivity index (χ1v) is 11.3. The zero-order chi connectivity index (χ0) is 23.4. The van der Waals surface area contributed by atoms with Gasteiger partial charge in [-0.2, -0.15) is 0 Å². The van der Waals surface area contributed by atoms with E-state index in [0.29, 0.717) is 0 Å². The molecule has 0 saturated heterocycles. The van der Waals surface area contributed by atoms with Crippen LogP contribution in [0.25, 0.3) is 0 Å². The fourth-order valence-corrected chi connectivity index (χ4v) is 3.86. The molecule has 3 N–H and O–H groups in total. The molecule has 1 atom stereocenters. The second kappa shape index (κ2) is 12.8. The van der Waals surface area contributed by atoms with Gasteiger partial charge in [0.25, 0.3) is 0 Å². The lowest BCUT2D eigenvalue weighted by atomic mass is 10.2. The third-order valence-electron chi connectivity index (χ3n) is 4.00. The summed E-state index contributed by atoms with van der Waals surface area (Å²) in [5, 5.41) is 2.29. The zero-order valence-corrected chi connectivity index (χ0v) is 18.5. The van der Waals surface area contributed by atoms with Crippen molar-refractivity contribution in [3.63, 3.8) is 0 Å². The average molecular weight is 456 g/mol. The Morgan fingerprint density at radius 3 is 2.35 bits per heavy atom. The molecule has 0 aromatic heterocycles. The fraction of sp³-hybridized carbons (Fsp3) is 0.400. The van der Waals surface area contributed by atoms with E-state index in [9.17, 15) is 29.0 Å². The number of nitrogens with one attached hydrogen (secondary N) is 1. The number of alkyl carbamates (subject to hydrolysis) is 1. The molecule has 31 heavy (non-hydrogen) atoms. The Morgan fingerprint density at radius 2 is 1.77 bits per heavy atom. The molecule has 0 saturated carbocycles. The van der Waals surface area contributed by atoms with Gasteiger partial charge in [0.1, 0.15) is 18.8 Å². The van der Waals surface area contributed by atoms with Gasteiger partial charge in [-0.1, -0.05) is 30.3 Å². The van der Waals surface area contributed by atoms with Gasteiger partial charge < -0.3 is 19.5 Å². The van der Waals surface area contributed by atoms with E-state index in [4.69, 9.17) is 4.74 Å². The molecule has 170 valence electrons. The normalized spacial score (nSPS) is 12.5. The number of amides is 1. The minimum absolute atomic E-state index is 0.0339. The molecule has 0 unspecified atom stereocenters. The highest BCUT2D eigenvalue weighted by atomic mass is 31.2. The van der Waals surface area contributed by atoms with Crippen molar-refractivity contribution >= 4 is 31.3 Å². The summed E-state index contributed by atoms with van der Waals surface area (Å²) >= 11 is 0. The van der Waals surface area contributed by atoms with E-state index in [1.165, 1.54) is 6.92 Å². The van der Waals surface area contributed by atoms with Crippen molar-refractivity contribution in [1.29, 1.82) is 0 Å². The van der Waals surface area contributed by atoms with E-state index in [1.54, 1.807) is 37.3 Å². The Bertz CT molecular complexity index is 808. The fourth-order valence-electron chi connectivity index (χ4n) is 2.41. The Kier molecular flexibility index (Phi) is 10.8. The number of esters is 2. The van der Waals surface area contributed by atoms with Gasteiger partial charge in [-0.05, 0) is 19.4 Å². The van der Waals surface area contributed by atoms with Gasteiger partial charge in [-0.25, -0.2) is 29.0 Å². The molecule has 0 heterocycles. The van der Waals surface area contributed by atoms with Crippen LogP contribution in [0.3, 0.4) is 0 Å². The van der Waals surface area contributed by atoms with Crippen LogP contribution in [0.1, 0.15) is 25.8 Å². The quantitative estimate of drug-likeness (QED) is 0.196. The van der Waals surface area contributed by atoms with Crippen molar-refractivity contribution in [2.24, 2.45) is 0 Å². The smallest absolute Gasteiger partial charge is 0.408 e. The molecular formula is C20H27NO9P+. The molecule has 0 bridgehead atoms. The maximum absolute atomic E-state index is 12.3. The highest BCUT2D eigenvalue weighted by Gasteiger charge is 2.45. The third-order valence-corrected chi connectivity index (χ3v) is 5.89. The predicted molar refractivity (Wildman–Crippen MR) is 112 cm³/mol. The van der Waals surface area contributed by atoms with Crippen LogP contribution in [-0.4, -0.2) is 59.3 Å². The van der Waals surface area contributed by atoms with Crippen LogP contribution in [-0.2, 0) is 35.2 Å². The van der Waals surface area contributed by atoms with E-state index in [0.717, 1.165) is 18.7 Å². The molecule has 0 spiro atoms. The number of hydrogen-bond donors (Lipinski definition) is 3. The summed E-state index contributed by atoms with van der Waals surface area (Å²) in [4.78, 5) is 68.1. The van der Waals surface area contributed by atoms with Crippen molar-refractivity contribution in [2.75, 3.05) is 19.9 Å². The highest BCUT2D eigenvalue weighted by molar-refractivity contribution is 7.81. The van der Waals surface area contributed by atoms with Crippen molar-refractivity contribution in [3.8, 4) is 0 Å². The third kappa shape index (κ3) is 9.25. The first-order valence-electron chi connectivity index (χ1n) is 9.39. The summed E-state index contributed by atoms with van der Waals surface area (Å²) in [6.07, 6.45) is -0.863. The van der Waals surface area contributed by atoms with Crippen LogP contribution in [0, 0.1) is 0 Å². The molecule has 0 fully saturated rings. The summed E-state index contributed by atoms with van der Waals surface area (Å²) in [7, 11) is -3.09. The van der Waals surface area contributed by atoms with Gasteiger partial charge in [0.15, 0.2) is 0 Å². The van der Waals surface area contributed by atoms with E-state index in [-0.39, 0.29) is 25.2 Å². The van der Waals surface area contributed by atoms with Crippen LogP contribution in [0.2, 0.25) is 0 Å². The van der Waals surface area contributed by atoms with Crippen LogP contribution >= 0.6 is 7.72 Å². The Hall–Kier alpha value is -2.81. The molecule has 1 aromatic carbocycles. The number of rotatable bonds is 11. The molecule has 1 aromatic rings. The summed E-state index contributed by atoms with van der Waals surface area (Å²) in [5.41, 5.74) is -0.491. The van der Waals surface area contributed by atoms with Gasteiger partial charge in [-0.15, -0.1) is 0 Å². The molecule has 0 aliphatic heterocycles. The van der Waals surface area contributed by atoms with E-state index < -0.39 is 43.5 Å². The SMILES string of the molecule is CCOC(=O)C=C(C)C(=O)[P+](O)(O)CC[C@H](NC(=O)OCc1ccccc1)C(=O)OC. The molecule has 0 aliphatic rings. The van der Waals surface area contributed by atoms with Crippen molar-refractivity contribution < 1.29 is 43.2 Å². The van der Waals surface area contributed by atoms with Gasteiger partial charge in [0.05, 0.1) is 13.7 Å². The van der Waals surface area contributed by atoms with Crippen LogP contribution in [0.5, 0.6) is 0 Å². The van der Waals surface area contributed by atoms with Crippen molar-refractivity contribution in [2.45, 2.75) is 32.9 Å². The highest BCUT2D eigenvalue weighted by Crippen LogP contribution is 2.53. The molecule has 1 amide bonds. The molecule has 11 heteroatoms. The largest absolute Gasteiger partial charge is 0.467 e. The maximum atomic E-state index is 12.3. The monoisotopic (exact) mass is 456 g/mol. The lowest BCUT2D eigenvalue weighted by molar-refractivity contribution is -0.143. The number of carbonyl (C=O) groups is 4. The Morgan fingerprint density at radius 1 is 1.13 bits per heavy atom. The number of carbonyl (C=O) groups excluding carboxylic acids is 4. The number of ether oxygens (including phenoxy) is 3. The summed E-state index contributed by atoms with van der Waals surface area (Å²) in [5.74, 6) is -1.63. The number of methoxy groups -OCH3 is 1. The Labute approximate surface area is 180 Å². The average Bonchev–Trinajstić information content (AvgIpc) is 2.74. The number of benzene rings is 1. The first kappa shape index (κ1) is 26.2. The first-order chi connectivity index (χ1) is 14.6. The maximum Gasteiger partial charge on any atom is 0.408 e. The minimum Gasteiger partial charge on any atom is -0.467 e. The zero-order valence-electron chi connectivity index (χ0n) is 17.6. The van der Waals surface area contributed by atoms with Crippen LogP contribution < -0.4 is 5.32 Å². The van der Waals surface area contributed by atoms with Gasteiger partial charge in [-0.3, -0.25) is 0 Å². The summed E-state index contributed by atoms with van der Waals surface area (Å²) in [6.45, 7) is 2.90. The van der Waals surface area contributed by atoms with Crippen molar-refractivity contribution in [3.05, 3.63) is 47.5 Å².